The van der Waals surface area contributed by atoms with Crippen molar-refractivity contribution in [3.8, 4) is 0 Å². The quantitative estimate of drug-likeness (QED) is 0.576. The number of carbonyl (C=O) groups excluding carboxylic acids is 1. The van der Waals surface area contributed by atoms with Crippen LogP contribution in [0.2, 0.25) is 0 Å². The molecule has 0 bridgehead atoms. The Morgan fingerprint density at radius 1 is 1.29 bits per heavy atom. The molecule has 116 valence electrons. The average Bonchev–Trinajstić information content (AvgIpc) is 2.47. The van der Waals surface area contributed by atoms with Crippen molar-refractivity contribution in [3.05, 3.63) is 47.5 Å². The summed E-state index contributed by atoms with van der Waals surface area (Å²) in [6.45, 7) is 6.42. The molecule has 0 aliphatic carbocycles. The van der Waals surface area contributed by atoms with Gasteiger partial charge < -0.3 is 10.1 Å². The van der Waals surface area contributed by atoms with E-state index in [1.807, 2.05) is 18.2 Å². The minimum absolute atomic E-state index is 0.0843. The Hall–Kier alpha value is -1.61. The SMILES string of the molecule is COC(CC(C)CCC=C(C)C)NC(=O)c1ccccc1. The van der Waals surface area contributed by atoms with Gasteiger partial charge in [0.25, 0.3) is 5.91 Å². The minimum atomic E-state index is -0.237. The van der Waals surface area contributed by atoms with Crippen LogP contribution in [0.5, 0.6) is 0 Å². The fourth-order valence-electron chi connectivity index (χ4n) is 2.17. The third-order valence-electron chi connectivity index (χ3n) is 3.44. The molecule has 1 amide bonds. The Morgan fingerprint density at radius 2 is 1.95 bits per heavy atom. The van der Waals surface area contributed by atoms with Crippen LogP contribution < -0.4 is 5.32 Å². The van der Waals surface area contributed by atoms with Crippen molar-refractivity contribution in [1.82, 2.24) is 5.32 Å². The maximum atomic E-state index is 12.1. The summed E-state index contributed by atoms with van der Waals surface area (Å²) in [5.74, 6) is 0.417. The van der Waals surface area contributed by atoms with Crippen LogP contribution in [0.1, 0.15) is 50.4 Å². The van der Waals surface area contributed by atoms with Crippen LogP contribution in [0.15, 0.2) is 42.0 Å². The number of hydrogen-bond acceptors (Lipinski definition) is 2. The first-order valence-corrected chi connectivity index (χ1v) is 7.55. The molecule has 1 aromatic rings. The molecule has 0 aromatic heterocycles. The standard InChI is InChI=1S/C18H27NO2/c1-14(2)9-8-10-15(3)13-17(21-4)19-18(20)16-11-6-5-7-12-16/h5-7,9,11-12,15,17H,8,10,13H2,1-4H3,(H,19,20). The number of rotatable bonds is 8. The van der Waals surface area contributed by atoms with Crippen LogP contribution in [0.25, 0.3) is 0 Å². The average molecular weight is 289 g/mol. The summed E-state index contributed by atoms with van der Waals surface area (Å²) < 4.78 is 5.39. The van der Waals surface area contributed by atoms with E-state index in [4.69, 9.17) is 4.74 Å². The maximum Gasteiger partial charge on any atom is 0.253 e. The van der Waals surface area contributed by atoms with Crippen LogP contribution in [0.3, 0.4) is 0 Å². The lowest BCUT2D eigenvalue weighted by molar-refractivity contribution is 0.0458. The smallest absolute Gasteiger partial charge is 0.253 e. The largest absolute Gasteiger partial charge is 0.362 e. The molecule has 1 rings (SSSR count). The van der Waals surface area contributed by atoms with E-state index in [2.05, 4.69) is 32.2 Å². The van der Waals surface area contributed by atoms with Crippen LogP contribution >= 0.6 is 0 Å². The maximum absolute atomic E-state index is 12.1. The highest BCUT2D eigenvalue weighted by Crippen LogP contribution is 2.15. The Labute approximate surface area is 128 Å². The lowest BCUT2D eigenvalue weighted by Gasteiger charge is -2.21. The molecule has 0 aliphatic heterocycles. The summed E-state index contributed by atoms with van der Waals surface area (Å²) in [6.07, 6.45) is 5.02. The molecule has 0 heterocycles. The number of carbonyl (C=O) groups is 1. The van der Waals surface area contributed by atoms with Gasteiger partial charge in [-0.05, 0) is 51.2 Å². The van der Waals surface area contributed by atoms with E-state index in [0.29, 0.717) is 11.5 Å². The molecular formula is C18H27NO2. The summed E-state index contributed by atoms with van der Waals surface area (Å²) in [5, 5.41) is 2.94. The molecule has 2 atom stereocenters. The Kier molecular flexibility index (Phi) is 7.76. The van der Waals surface area contributed by atoms with Gasteiger partial charge in [-0.2, -0.15) is 0 Å². The lowest BCUT2D eigenvalue weighted by atomic mass is 10.00. The van der Waals surface area contributed by atoms with Gasteiger partial charge in [0, 0.05) is 12.7 Å². The molecule has 1 aromatic carbocycles. The number of allylic oxidation sites excluding steroid dienone is 2. The van der Waals surface area contributed by atoms with Crippen LogP contribution in [-0.4, -0.2) is 19.2 Å². The summed E-state index contributed by atoms with van der Waals surface area (Å²) in [4.78, 5) is 12.1. The van der Waals surface area contributed by atoms with Crippen molar-refractivity contribution in [2.24, 2.45) is 5.92 Å². The third kappa shape index (κ3) is 7.09. The van der Waals surface area contributed by atoms with Crippen LogP contribution in [0, 0.1) is 5.92 Å². The monoisotopic (exact) mass is 289 g/mol. The van der Waals surface area contributed by atoms with Crippen molar-refractivity contribution in [2.45, 2.75) is 46.3 Å². The van der Waals surface area contributed by atoms with E-state index in [-0.39, 0.29) is 12.1 Å². The van der Waals surface area contributed by atoms with E-state index in [9.17, 15) is 4.79 Å². The fourth-order valence-corrected chi connectivity index (χ4v) is 2.17. The predicted octanol–water partition coefficient (Wildman–Crippen LogP) is 4.16. The zero-order valence-electron chi connectivity index (χ0n) is 13.6. The first-order valence-electron chi connectivity index (χ1n) is 7.55. The molecule has 3 heteroatoms. The Morgan fingerprint density at radius 3 is 2.52 bits per heavy atom. The molecule has 1 N–H and O–H groups in total. The number of methoxy groups -OCH3 is 1. The molecule has 0 fully saturated rings. The summed E-state index contributed by atoms with van der Waals surface area (Å²) in [6, 6.07) is 9.23. The molecule has 0 saturated carbocycles. The van der Waals surface area contributed by atoms with Crippen LogP contribution in [-0.2, 0) is 4.74 Å². The summed E-state index contributed by atoms with van der Waals surface area (Å²) in [7, 11) is 1.64. The molecule has 0 radical (unpaired) electrons. The Balaban J connectivity index is 2.44. The molecular weight excluding hydrogens is 262 g/mol. The number of ether oxygens (including phenoxy) is 1. The first-order chi connectivity index (χ1) is 10.0. The van der Waals surface area contributed by atoms with Crippen molar-refractivity contribution in [3.63, 3.8) is 0 Å². The van der Waals surface area contributed by atoms with Gasteiger partial charge in [0.15, 0.2) is 0 Å². The van der Waals surface area contributed by atoms with Gasteiger partial charge in [0.2, 0.25) is 0 Å². The number of amides is 1. The number of benzene rings is 1. The van der Waals surface area contributed by atoms with Gasteiger partial charge in [0.1, 0.15) is 6.23 Å². The predicted molar refractivity (Wildman–Crippen MR) is 87.2 cm³/mol. The molecule has 21 heavy (non-hydrogen) atoms. The molecule has 0 aliphatic rings. The zero-order valence-corrected chi connectivity index (χ0v) is 13.6. The van der Waals surface area contributed by atoms with E-state index in [1.54, 1.807) is 19.2 Å². The molecule has 2 unspecified atom stereocenters. The van der Waals surface area contributed by atoms with Gasteiger partial charge in [-0.1, -0.05) is 36.8 Å². The number of hydrogen-bond donors (Lipinski definition) is 1. The third-order valence-corrected chi connectivity index (χ3v) is 3.44. The topological polar surface area (TPSA) is 38.3 Å². The summed E-state index contributed by atoms with van der Waals surface area (Å²) in [5.41, 5.74) is 2.01. The van der Waals surface area contributed by atoms with Gasteiger partial charge >= 0.3 is 0 Å². The van der Waals surface area contributed by atoms with E-state index in [1.165, 1.54) is 5.57 Å². The number of nitrogens with one attached hydrogen (secondary N) is 1. The van der Waals surface area contributed by atoms with Gasteiger partial charge in [-0.15, -0.1) is 0 Å². The van der Waals surface area contributed by atoms with Crippen LogP contribution in [0.4, 0.5) is 0 Å². The zero-order chi connectivity index (χ0) is 15.7. The van der Waals surface area contributed by atoms with Crippen molar-refractivity contribution in [2.75, 3.05) is 7.11 Å². The van der Waals surface area contributed by atoms with Crippen molar-refractivity contribution < 1.29 is 9.53 Å². The fraction of sp³-hybridized carbons (Fsp3) is 0.500. The lowest BCUT2D eigenvalue weighted by Crippen LogP contribution is -2.37. The van der Waals surface area contributed by atoms with Crippen molar-refractivity contribution >= 4 is 5.91 Å². The highest BCUT2D eigenvalue weighted by molar-refractivity contribution is 5.94. The first kappa shape index (κ1) is 17.4. The van der Waals surface area contributed by atoms with E-state index in [0.717, 1.165) is 19.3 Å². The minimum Gasteiger partial charge on any atom is -0.362 e. The second kappa shape index (κ2) is 9.35. The summed E-state index contributed by atoms with van der Waals surface area (Å²) >= 11 is 0. The second-order valence-corrected chi connectivity index (χ2v) is 5.76. The van der Waals surface area contributed by atoms with Crippen molar-refractivity contribution in [1.29, 1.82) is 0 Å². The van der Waals surface area contributed by atoms with E-state index < -0.39 is 0 Å². The molecule has 0 spiro atoms. The van der Waals surface area contributed by atoms with Gasteiger partial charge in [0.05, 0.1) is 0 Å². The van der Waals surface area contributed by atoms with E-state index >= 15 is 0 Å². The van der Waals surface area contributed by atoms with Gasteiger partial charge in [-0.25, -0.2) is 0 Å². The highest BCUT2D eigenvalue weighted by Gasteiger charge is 2.15. The highest BCUT2D eigenvalue weighted by atomic mass is 16.5. The second-order valence-electron chi connectivity index (χ2n) is 5.76. The Bertz CT molecular complexity index is 450. The van der Waals surface area contributed by atoms with Gasteiger partial charge in [-0.3, -0.25) is 4.79 Å². The molecule has 3 nitrogen and oxygen atoms in total. The molecule has 0 saturated heterocycles. The normalized spacial score (nSPS) is 13.3.